The first-order chi connectivity index (χ1) is 18.3. The van der Waals surface area contributed by atoms with Gasteiger partial charge in [0.05, 0.1) is 11.8 Å². The van der Waals surface area contributed by atoms with Crippen molar-refractivity contribution in [2.24, 2.45) is 68.0 Å². The fourth-order valence-corrected chi connectivity index (χ4v) is 12.2. The Morgan fingerprint density at radius 3 is 1.95 bits per heavy atom. The van der Waals surface area contributed by atoms with Gasteiger partial charge in [0.25, 0.3) is 0 Å². The first kappa shape index (κ1) is 30.4. The van der Waals surface area contributed by atoms with Gasteiger partial charge in [0.1, 0.15) is 6.10 Å². The SMILES string of the molecule is CC(C(=O)O)C(C)C(=O)OC1CCC2C(C)(CCC3C2(C)CCC2(C)C4CC(C)(C)CCC4(C)CCC32C)C1C. The van der Waals surface area contributed by atoms with Crippen LogP contribution in [0.4, 0.5) is 0 Å². The standard InChI is InChI=1S/C36H60O4/c1-22(29(37)38)23(2)30(39)40-25-11-12-26-33(7,24(25)3)14-13-27-34(26,8)18-20-36(10)28-21-31(4,5)15-16-32(28,6)17-19-35(27,36)9/h22-28H,11-21H2,1-10H3,(H,37,38). The molecule has 5 fully saturated rings. The van der Waals surface area contributed by atoms with E-state index >= 15 is 0 Å². The van der Waals surface area contributed by atoms with Crippen molar-refractivity contribution >= 4 is 11.9 Å². The quantitative estimate of drug-likeness (QED) is 0.351. The van der Waals surface area contributed by atoms with E-state index in [9.17, 15) is 14.7 Å². The third-order valence-electron chi connectivity index (χ3n) is 15.7. The molecule has 1 N–H and O–H groups in total. The lowest BCUT2D eigenvalue weighted by Crippen LogP contribution is -2.68. The van der Waals surface area contributed by atoms with Gasteiger partial charge < -0.3 is 9.84 Å². The number of esters is 1. The van der Waals surface area contributed by atoms with Gasteiger partial charge in [0.15, 0.2) is 0 Å². The summed E-state index contributed by atoms with van der Waals surface area (Å²) in [5.41, 5.74) is 2.23. The highest BCUT2D eigenvalue weighted by atomic mass is 16.5. The van der Waals surface area contributed by atoms with Crippen LogP contribution in [0.5, 0.6) is 0 Å². The number of hydrogen-bond acceptors (Lipinski definition) is 3. The molecule has 0 heterocycles. The highest BCUT2D eigenvalue weighted by Gasteiger charge is 2.71. The molecule has 0 aromatic rings. The molecule has 5 aliphatic carbocycles. The summed E-state index contributed by atoms with van der Waals surface area (Å²) in [5, 5.41) is 9.41. The van der Waals surface area contributed by atoms with Gasteiger partial charge in [-0.1, -0.05) is 69.2 Å². The second-order valence-corrected chi connectivity index (χ2v) is 17.8. The second-order valence-electron chi connectivity index (χ2n) is 17.8. The number of ether oxygens (including phenoxy) is 1. The molecular weight excluding hydrogens is 496 g/mol. The van der Waals surface area contributed by atoms with E-state index in [4.69, 9.17) is 4.74 Å². The van der Waals surface area contributed by atoms with Crippen molar-refractivity contribution in [2.75, 3.05) is 0 Å². The average molecular weight is 557 g/mol. The van der Waals surface area contributed by atoms with Crippen molar-refractivity contribution in [3.8, 4) is 0 Å². The summed E-state index contributed by atoms with van der Waals surface area (Å²) in [6.45, 7) is 23.9. The van der Waals surface area contributed by atoms with E-state index in [0.29, 0.717) is 33.0 Å². The molecule has 4 nitrogen and oxygen atoms in total. The van der Waals surface area contributed by atoms with Crippen LogP contribution in [0.1, 0.15) is 140 Å². The van der Waals surface area contributed by atoms with Crippen molar-refractivity contribution in [1.29, 1.82) is 0 Å². The number of carbonyl (C=O) groups excluding carboxylic acids is 1. The van der Waals surface area contributed by atoms with Crippen LogP contribution in [0.15, 0.2) is 0 Å². The van der Waals surface area contributed by atoms with E-state index in [2.05, 4.69) is 55.4 Å². The largest absolute Gasteiger partial charge is 0.481 e. The van der Waals surface area contributed by atoms with E-state index in [1.54, 1.807) is 13.8 Å². The molecule has 0 radical (unpaired) electrons. The number of rotatable bonds is 4. The van der Waals surface area contributed by atoms with Crippen LogP contribution in [-0.4, -0.2) is 23.1 Å². The minimum absolute atomic E-state index is 0.110. The van der Waals surface area contributed by atoms with Crippen molar-refractivity contribution in [3.63, 3.8) is 0 Å². The predicted molar refractivity (Wildman–Crippen MR) is 161 cm³/mol. The van der Waals surface area contributed by atoms with Crippen molar-refractivity contribution in [1.82, 2.24) is 0 Å². The number of carbonyl (C=O) groups is 2. The minimum Gasteiger partial charge on any atom is -0.481 e. The van der Waals surface area contributed by atoms with E-state index in [1.165, 1.54) is 57.8 Å². The normalized spacial score (nSPS) is 51.2. The molecule has 12 atom stereocenters. The molecule has 12 unspecified atom stereocenters. The predicted octanol–water partition coefficient (Wildman–Crippen LogP) is 9.16. The van der Waals surface area contributed by atoms with Gasteiger partial charge in [-0.15, -0.1) is 0 Å². The maximum absolute atomic E-state index is 13.0. The van der Waals surface area contributed by atoms with Crippen LogP contribution in [0.25, 0.3) is 0 Å². The van der Waals surface area contributed by atoms with Crippen LogP contribution in [0.2, 0.25) is 0 Å². The summed E-state index contributed by atoms with van der Waals surface area (Å²) < 4.78 is 6.13. The van der Waals surface area contributed by atoms with Crippen LogP contribution in [0.3, 0.4) is 0 Å². The Hall–Kier alpha value is -1.06. The molecule has 5 saturated carbocycles. The van der Waals surface area contributed by atoms with Gasteiger partial charge in [-0.2, -0.15) is 0 Å². The average Bonchev–Trinajstić information content (AvgIpc) is 2.88. The summed E-state index contributed by atoms with van der Waals surface area (Å²) >= 11 is 0. The first-order valence-electron chi connectivity index (χ1n) is 16.8. The lowest BCUT2D eigenvalue weighted by Gasteiger charge is -2.75. The topological polar surface area (TPSA) is 63.6 Å². The number of aliphatic carboxylic acids is 1. The molecule has 0 spiro atoms. The third kappa shape index (κ3) is 4.17. The Kier molecular flexibility index (Phi) is 7.20. The van der Waals surface area contributed by atoms with Crippen molar-refractivity contribution in [2.45, 2.75) is 146 Å². The summed E-state index contributed by atoms with van der Waals surface area (Å²) in [5.74, 6) is -0.104. The maximum atomic E-state index is 13.0. The summed E-state index contributed by atoms with van der Waals surface area (Å²) in [6.07, 6.45) is 14.1. The molecule has 0 bridgehead atoms. The molecule has 0 aromatic heterocycles. The van der Waals surface area contributed by atoms with Gasteiger partial charge in [0.2, 0.25) is 0 Å². The zero-order chi connectivity index (χ0) is 29.7. The van der Waals surface area contributed by atoms with E-state index < -0.39 is 17.8 Å². The van der Waals surface area contributed by atoms with E-state index in [0.717, 1.165) is 24.7 Å². The Bertz CT molecular complexity index is 1030. The Balaban J connectivity index is 1.39. The molecule has 0 aliphatic heterocycles. The van der Waals surface area contributed by atoms with Gasteiger partial charge in [-0.3, -0.25) is 9.59 Å². The summed E-state index contributed by atoms with van der Waals surface area (Å²) in [7, 11) is 0. The van der Waals surface area contributed by atoms with Gasteiger partial charge in [0, 0.05) is 0 Å². The Morgan fingerprint density at radius 1 is 0.700 bits per heavy atom. The van der Waals surface area contributed by atoms with Crippen LogP contribution in [0, 0.1) is 68.0 Å². The smallest absolute Gasteiger partial charge is 0.309 e. The lowest BCUT2D eigenvalue weighted by molar-refractivity contribution is -0.264. The monoisotopic (exact) mass is 556 g/mol. The lowest BCUT2D eigenvalue weighted by atomic mass is 9.30. The first-order valence-corrected chi connectivity index (χ1v) is 16.8. The number of fused-ring (bicyclic) bond motifs is 7. The molecule has 228 valence electrons. The molecule has 40 heavy (non-hydrogen) atoms. The van der Waals surface area contributed by atoms with Gasteiger partial charge >= 0.3 is 11.9 Å². The number of carboxylic acid groups (broad SMARTS) is 1. The molecule has 0 saturated heterocycles. The molecule has 4 heteroatoms. The zero-order valence-corrected chi connectivity index (χ0v) is 27.5. The molecule has 5 rings (SSSR count). The second kappa shape index (κ2) is 9.47. The molecular formula is C36H60O4. The Morgan fingerprint density at radius 2 is 1.30 bits per heavy atom. The summed E-state index contributed by atoms with van der Waals surface area (Å²) in [4.78, 5) is 24.5. The number of carboxylic acids is 1. The van der Waals surface area contributed by atoms with Crippen LogP contribution >= 0.6 is 0 Å². The highest BCUT2D eigenvalue weighted by Crippen LogP contribution is 2.78. The number of hydrogen-bond donors (Lipinski definition) is 1. The summed E-state index contributed by atoms with van der Waals surface area (Å²) in [6, 6.07) is 0. The zero-order valence-electron chi connectivity index (χ0n) is 27.5. The minimum atomic E-state index is -0.933. The van der Waals surface area contributed by atoms with E-state index in [1.807, 2.05) is 0 Å². The van der Waals surface area contributed by atoms with Gasteiger partial charge in [-0.25, -0.2) is 0 Å². The highest BCUT2D eigenvalue weighted by molar-refractivity contribution is 5.80. The molecule has 0 amide bonds. The van der Waals surface area contributed by atoms with Crippen molar-refractivity contribution in [3.05, 3.63) is 0 Å². The van der Waals surface area contributed by atoms with Crippen molar-refractivity contribution < 1.29 is 19.4 Å². The van der Waals surface area contributed by atoms with Gasteiger partial charge in [-0.05, 0) is 127 Å². The molecule has 0 aromatic carbocycles. The van der Waals surface area contributed by atoms with E-state index in [-0.39, 0.29) is 23.4 Å². The third-order valence-corrected chi connectivity index (χ3v) is 15.7. The fraction of sp³-hybridized carbons (Fsp3) is 0.944. The molecule has 5 aliphatic rings. The Labute approximate surface area is 245 Å². The fourth-order valence-electron chi connectivity index (χ4n) is 12.2. The van der Waals surface area contributed by atoms with Crippen LogP contribution in [-0.2, 0) is 14.3 Å². The maximum Gasteiger partial charge on any atom is 0.309 e. The van der Waals surface area contributed by atoms with Crippen LogP contribution < -0.4 is 0 Å².